The van der Waals surface area contributed by atoms with Crippen LogP contribution in [0.1, 0.15) is 20.8 Å². The molecule has 0 aliphatic heterocycles. The summed E-state index contributed by atoms with van der Waals surface area (Å²) in [6, 6.07) is -0.0386. The average molecular weight is 169 g/mol. The van der Waals surface area contributed by atoms with Gasteiger partial charge in [-0.05, 0) is 25.7 Å². The fraction of sp³-hybridized carbons (Fsp3) is 0.667. The van der Waals surface area contributed by atoms with Crippen LogP contribution in [-0.4, -0.2) is 23.7 Å². The first-order valence-corrected chi connectivity index (χ1v) is 3.96. The second kappa shape index (κ2) is 5.62. The Labute approximate surface area is 73.2 Å². The molecule has 0 aromatic carbocycles. The number of aliphatic hydroxyl groups excluding tert-OH is 1. The number of nitrogens with one attached hydrogen (secondary N) is 1. The van der Waals surface area contributed by atoms with E-state index in [0.717, 1.165) is 0 Å². The summed E-state index contributed by atoms with van der Waals surface area (Å²) in [6.45, 7) is 5.39. The molecule has 0 rings (SSSR count). The molecule has 3 heteroatoms. The molecule has 0 aliphatic carbocycles. The van der Waals surface area contributed by atoms with E-state index in [1.54, 1.807) is 6.92 Å². The van der Waals surface area contributed by atoms with E-state index in [2.05, 4.69) is 17.2 Å². The maximum Gasteiger partial charge on any atom is 0.296 e. The van der Waals surface area contributed by atoms with Crippen molar-refractivity contribution < 1.29 is 9.90 Å². The Balaban J connectivity index is 3.88. The molecular weight excluding hydrogens is 154 g/mol. The Kier molecular flexibility index (Phi) is 5.14. The van der Waals surface area contributed by atoms with Crippen molar-refractivity contribution in [2.75, 3.05) is 6.61 Å². The van der Waals surface area contributed by atoms with Gasteiger partial charge >= 0.3 is 0 Å². The second-order valence-electron chi connectivity index (χ2n) is 2.80. The number of amides is 1. The van der Waals surface area contributed by atoms with Crippen molar-refractivity contribution in [3.8, 4) is 11.8 Å². The molecular formula is C9H15NO2. The second-order valence-corrected chi connectivity index (χ2v) is 2.80. The Morgan fingerprint density at radius 1 is 1.58 bits per heavy atom. The van der Waals surface area contributed by atoms with Crippen LogP contribution in [0.3, 0.4) is 0 Å². The number of hydrogen-bond donors (Lipinski definition) is 2. The summed E-state index contributed by atoms with van der Waals surface area (Å²) < 4.78 is 0. The molecule has 2 unspecified atom stereocenters. The highest BCUT2D eigenvalue weighted by Gasteiger charge is 2.11. The summed E-state index contributed by atoms with van der Waals surface area (Å²) in [5.41, 5.74) is 0. The van der Waals surface area contributed by atoms with Crippen LogP contribution in [0.5, 0.6) is 0 Å². The SMILES string of the molecule is CC#CC(=O)NC(C)C(C)CO. The predicted octanol–water partition coefficient (Wildman–Crippen LogP) is 0.143. The van der Waals surface area contributed by atoms with E-state index < -0.39 is 0 Å². The van der Waals surface area contributed by atoms with Crippen LogP contribution in [0.15, 0.2) is 0 Å². The molecule has 0 saturated heterocycles. The number of hydrogen-bond acceptors (Lipinski definition) is 2. The highest BCUT2D eigenvalue weighted by atomic mass is 16.3. The van der Waals surface area contributed by atoms with E-state index in [0.29, 0.717) is 0 Å². The first kappa shape index (κ1) is 11.0. The number of carbonyl (C=O) groups is 1. The van der Waals surface area contributed by atoms with Crippen LogP contribution in [0.25, 0.3) is 0 Å². The Morgan fingerprint density at radius 2 is 2.17 bits per heavy atom. The van der Waals surface area contributed by atoms with Gasteiger partial charge in [0.1, 0.15) is 0 Å². The number of aliphatic hydroxyl groups is 1. The van der Waals surface area contributed by atoms with Crippen molar-refractivity contribution in [3.63, 3.8) is 0 Å². The molecule has 0 aromatic rings. The van der Waals surface area contributed by atoms with Gasteiger partial charge < -0.3 is 10.4 Å². The van der Waals surface area contributed by atoms with Gasteiger partial charge in [-0.15, -0.1) is 0 Å². The summed E-state index contributed by atoms with van der Waals surface area (Å²) >= 11 is 0. The smallest absolute Gasteiger partial charge is 0.296 e. The average Bonchev–Trinajstić information content (AvgIpc) is 2.03. The van der Waals surface area contributed by atoms with Gasteiger partial charge in [-0.25, -0.2) is 0 Å². The Hall–Kier alpha value is -1.01. The zero-order valence-corrected chi connectivity index (χ0v) is 7.72. The molecule has 12 heavy (non-hydrogen) atoms. The monoisotopic (exact) mass is 169 g/mol. The number of carbonyl (C=O) groups excluding carboxylic acids is 1. The summed E-state index contributed by atoms with van der Waals surface area (Å²) in [4.78, 5) is 10.9. The lowest BCUT2D eigenvalue weighted by Gasteiger charge is -2.17. The van der Waals surface area contributed by atoms with Crippen molar-refractivity contribution in [1.82, 2.24) is 5.32 Å². The first-order valence-electron chi connectivity index (χ1n) is 3.96. The third-order valence-electron chi connectivity index (χ3n) is 1.74. The lowest BCUT2D eigenvalue weighted by molar-refractivity contribution is -0.116. The summed E-state index contributed by atoms with van der Waals surface area (Å²) in [6.07, 6.45) is 0. The highest BCUT2D eigenvalue weighted by molar-refractivity contribution is 5.93. The zero-order chi connectivity index (χ0) is 9.56. The van der Waals surface area contributed by atoms with Crippen LogP contribution >= 0.6 is 0 Å². The minimum absolute atomic E-state index is 0.0386. The summed E-state index contributed by atoms with van der Waals surface area (Å²) in [5, 5.41) is 11.4. The molecule has 0 aromatic heterocycles. The minimum Gasteiger partial charge on any atom is -0.396 e. The van der Waals surface area contributed by atoms with E-state index >= 15 is 0 Å². The predicted molar refractivity (Wildman–Crippen MR) is 47.3 cm³/mol. The zero-order valence-electron chi connectivity index (χ0n) is 7.72. The maximum absolute atomic E-state index is 10.9. The Bertz CT molecular complexity index is 202. The van der Waals surface area contributed by atoms with E-state index in [-0.39, 0.29) is 24.5 Å². The van der Waals surface area contributed by atoms with Gasteiger partial charge in [-0.2, -0.15) is 0 Å². The highest BCUT2D eigenvalue weighted by Crippen LogP contribution is 1.99. The largest absolute Gasteiger partial charge is 0.396 e. The van der Waals surface area contributed by atoms with Gasteiger partial charge in [0.15, 0.2) is 0 Å². The lowest BCUT2D eigenvalue weighted by atomic mass is 10.1. The number of rotatable bonds is 3. The molecule has 0 radical (unpaired) electrons. The molecule has 0 fully saturated rings. The van der Waals surface area contributed by atoms with Gasteiger partial charge in [-0.1, -0.05) is 12.8 Å². The van der Waals surface area contributed by atoms with Gasteiger partial charge in [0.2, 0.25) is 0 Å². The van der Waals surface area contributed by atoms with Crippen LogP contribution in [0.2, 0.25) is 0 Å². The van der Waals surface area contributed by atoms with Gasteiger partial charge in [0.25, 0.3) is 5.91 Å². The molecule has 0 aliphatic rings. The van der Waals surface area contributed by atoms with E-state index in [1.165, 1.54) is 0 Å². The van der Waals surface area contributed by atoms with Crippen molar-refractivity contribution in [1.29, 1.82) is 0 Å². The fourth-order valence-electron chi connectivity index (χ4n) is 0.657. The fourth-order valence-corrected chi connectivity index (χ4v) is 0.657. The quantitative estimate of drug-likeness (QED) is 0.590. The van der Waals surface area contributed by atoms with Crippen molar-refractivity contribution in [3.05, 3.63) is 0 Å². The van der Waals surface area contributed by atoms with Crippen molar-refractivity contribution in [2.45, 2.75) is 26.8 Å². The van der Waals surface area contributed by atoms with E-state index in [1.807, 2.05) is 13.8 Å². The molecule has 3 nitrogen and oxygen atoms in total. The van der Waals surface area contributed by atoms with Crippen LogP contribution in [0, 0.1) is 17.8 Å². The third-order valence-corrected chi connectivity index (χ3v) is 1.74. The van der Waals surface area contributed by atoms with Crippen LogP contribution in [0.4, 0.5) is 0 Å². The summed E-state index contributed by atoms with van der Waals surface area (Å²) in [7, 11) is 0. The van der Waals surface area contributed by atoms with E-state index in [9.17, 15) is 4.79 Å². The normalized spacial score (nSPS) is 14.0. The molecule has 0 heterocycles. The molecule has 0 saturated carbocycles. The molecule has 0 bridgehead atoms. The molecule has 2 atom stereocenters. The topological polar surface area (TPSA) is 49.3 Å². The van der Waals surface area contributed by atoms with Crippen molar-refractivity contribution >= 4 is 5.91 Å². The molecule has 1 amide bonds. The lowest BCUT2D eigenvalue weighted by Crippen LogP contribution is -2.37. The molecule has 0 spiro atoms. The molecule has 2 N–H and O–H groups in total. The standard InChI is InChI=1S/C9H15NO2/c1-4-5-9(12)10-8(3)7(2)6-11/h7-8,11H,6H2,1-3H3,(H,10,12). The van der Waals surface area contributed by atoms with Gasteiger partial charge in [0.05, 0.1) is 0 Å². The van der Waals surface area contributed by atoms with Crippen LogP contribution in [-0.2, 0) is 4.79 Å². The summed E-state index contributed by atoms with van der Waals surface area (Å²) in [5.74, 6) is 4.65. The minimum atomic E-state index is -0.287. The maximum atomic E-state index is 10.9. The Morgan fingerprint density at radius 3 is 2.58 bits per heavy atom. The van der Waals surface area contributed by atoms with Gasteiger partial charge in [0, 0.05) is 12.6 Å². The molecule has 68 valence electrons. The van der Waals surface area contributed by atoms with Crippen LogP contribution < -0.4 is 5.32 Å². The third kappa shape index (κ3) is 3.99. The van der Waals surface area contributed by atoms with Gasteiger partial charge in [-0.3, -0.25) is 4.79 Å². The van der Waals surface area contributed by atoms with E-state index in [4.69, 9.17) is 5.11 Å². The first-order chi connectivity index (χ1) is 5.61. The van der Waals surface area contributed by atoms with Crippen molar-refractivity contribution in [2.24, 2.45) is 5.92 Å².